The van der Waals surface area contributed by atoms with Crippen molar-refractivity contribution in [2.24, 2.45) is 5.92 Å². The minimum absolute atomic E-state index is 0.255. The number of carboxylic acids is 1. The zero-order valence-electron chi connectivity index (χ0n) is 7.83. The van der Waals surface area contributed by atoms with Crippen LogP contribution in [-0.4, -0.2) is 20.6 Å². The van der Waals surface area contributed by atoms with Crippen molar-refractivity contribution in [1.82, 2.24) is 9.55 Å². The standard InChI is InChI=1S/C9H11BrN2O2/c1-5-11-8(10)7-4-6(9(13)14)2-3-12(5)7/h6H,2-4H2,1H3,(H,13,14). The van der Waals surface area contributed by atoms with Crippen molar-refractivity contribution < 1.29 is 9.90 Å². The number of aliphatic carboxylic acids is 1. The summed E-state index contributed by atoms with van der Waals surface area (Å²) < 4.78 is 2.88. The van der Waals surface area contributed by atoms with Gasteiger partial charge in [-0.2, -0.15) is 0 Å². The van der Waals surface area contributed by atoms with Crippen molar-refractivity contribution in [1.29, 1.82) is 0 Å². The van der Waals surface area contributed by atoms with Crippen LogP contribution in [0, 0.1) is 12.8 Å². The highest BCUT2D eigenvalue weighted by Gasteiger charge is 2.27. The van der Waals surface area contributed by atoms with Crippen LogP contribution in [0.1, 0.15) is 17.9 Å². The normalized spacial score (nSPS) is 20.6. The minimum atomic E-state index is -0.706. The second-order valence-corrected chi connectivity index (χ2v) is 4.33. The molecule has 1 N–H and O–H groups in total. The average molecular weight is 259 g/mol. The molecule has 0 spiro atoms. The number of fused-ring (bicyclic) bond motifs is 1. The summed E-state index contributed by atoms with van der Waals surface area (Å²) in [5.41, 5.74) is 1.01. The first kappa shape index (κ1) is 9.71. The number of carbonyl (C=O) groups is 1. The first-order valence-electron chi connectivity index (χ1n) is 4.54. The highest BCUT2D eigenvalue weighted by molar-refractivity contribution is 9.10. The Bertz CT molecular complexity index is 386. The molecule has 1 aromatic rings. The zero-order chi connectivity index (χ0) is 10.3. The van der Waals surface area contributed by atoms with E-state index in [0.717, 1.165) is 22.7 Å². The smallest absolute Gasteiger partial charge is 0.306 e. The first-order valence-corrected chi connectivity index (χ1v) is 5.33. The van der Waals surface area contributed by atoms with Gasteiger partial charge in [0.2, 0.25) is 0 Å². The third-order valence-corrected chi connectivity index (χ3v) is 3.34. The van der Waals surface area contributed by atoms with Gasteiger partial charge < -0.3 is 9.67 Å². The van der Waals surface area contributed by atoms with Crippen LogP contribution < -0.4 is 0 Å². The number of rotatable bonds is 1. The SMILES string of the molecule is Cc1nc(Br)c2n1CCC(C(=O)O)C2. The van der Waals surface area contributed by atoms with Gasteiger partial charge >= 0.3 is 5.97 Å². The van der Waals surface area contributed by atoms with E-state index in [-0.39, 0.29) is 5.92 Å². The van der Waals surface area contributed by atoms with Crippen LogP contribution in [0.3, 0.4) is 0 Å². The molecule has 1 aliphatic heterocycles. The second kappa shape index (κ2) is 3.38. The maximum atomic E-state index is 10.8. The number of aromatic nitrogens is 2. The van der Waals surface area contributed by atoms with Crippen LogP contribution in [0.2, 0.25) is 0 Å². The van der Waals surface area contributed by atoms with Crippen molar-refractivity contribution in [3.63, 3.8) is 0 Å². The Morgan fingerprint density at radius 2 is 2.43 bits per heavy atom. The highest BCUT2D eigenvalue weighted by Crippen LogP contribution is 2.27. The zero-order valence-corrected chi connectivity index (χ0v) is 9.41. The number of carboxylic acid groups (broad SMARTS) is 1. The van der Waals surface area contributed by atoms with Crippen LogP contribution in [0.4, 0.5) is 0 Å². The third-order valence-electron chi connectivity index (χ3n) is 2.70. The van der Waals surface area contributed by atoms with E-state index in [9.17, 15) is 4.79 Å². The highest BCUT2D eigenvalue weighted by atomic mass is 79.9. The largest absolute Gasteiger partial charge is 0.481 e. The summed E-state index contributed by atoms with van der Waals surface area (Å²) >= 11 is 3.35. The lowest BCUT2D eigenvalue weighted by Gasteiger charge is -2.21. The molecule has 0 radical (unpaired) electrons. The van der Waals surface area contributed by atoms with Crippen LogP contribution in [0.5, 0.6) is 0 Å². The van der Waals surface area contributed by atoms with Crippen molar-refractivity contribution in [2.75, 3.05) is 0 Å². The van der Waals surface area contributed by atoms with Gasteiger partial charge in [0.1, 0.15) is 10.4 Å². The van der Waals surface area contributed by atoms with Crippen LogP contribution in [-0.2, 0) is 17.8 Å². The summed E-state index contributed by atoms with van der Waals surface area (Å²) in [5, 5.41) is 8.92. The molecule has 14 heavy (non-hydrogen) atoms. The summed E-state index contributed by atoms with van der Waals surface area (Å²) in [5.74, 6) is -0.00684. The van der Waals surface area contributed by atoms with Gasteiger partial charge in [-0.05, 0) is 29.3 Å². The Morgan fingerprint density at radius 1 is 1.71 bits per heavy atom. The fraction of sp³-hybridized carbons (Fsp3) is 0.556. The number of halogens is 1. The molecule has 0 aromatic carbocycles. The van der Waals surface area contributed by atoms with Crippen molar-refractivity contribution in [3.05, 3.63) is 16.1 Å². The topological polar surface area (TPSA) is 55.1 Å². The van der Waals surface area contributed by atoms with E-state index in [2.05, 4.69) is 25.5 Å². The predicted molar refractivity (Wildman–Crippen MR) is 54.1 cm³/mol. The number of aryl methyl sites for hydroxylation is 1. The molecule has 0 bridgehead atoms. The minimum Gasteiger partial charge on any atom is -0.481 e. The Labute approximate surface area is 90.1 Å². The maximum absolute atomic E-state index is 10.8. The van der Waals surface area contributed by atoms with E-state index >= 15 is 0 Å². The molecule has 2 rings (SSSR count). The molecule has 1 unspecified atom stereocenters. The fourth-order valence-corrected chi connectivity index (χ4v) is 2.53. The Hall–Kier alpha value is -0.840. The van der Waals surface area contributed by atoms with Crippen molar-refractivity contribution in [2.45, 2.75) is 26.3 Å². The molecule has 0 amide bonds. The second-order valence-electron chi connectivity index (χ2n) is 3.58. The molecule has 0 saturated heterocycles. The monoisotopic (exact) mass is 258 g/mol. The number of imidazole rings is 1. The first-order chi connectivity index (χ1) is 6.59. The molecule has 76 valence electrons. The van der Waals surface area contributed by atoms with Gasteiger partial charge in [0.15, 0.2) is 0 Å². The van der Waals surface area contributed by atoms with Gasteiger partial charge in [0.25, 0.3) is 0 Å². The number of nitrogens with zero attached hydrogens (tertiary/aromatic N) is 2. The summed E-state index contributed by atoms with van der Waals surface area (Å²) in [6, 6.07) is 0. The van der Waals surface area contributed by atoms with E-state index in [1.807, 2.05) is 6.92 Å². The van der Waals surface area contributed by atoms with Crippen LogP contribution in [0.15, 0.2) is 4.60 Å². The third kappa shape index (κ3) is 1.45. The molecule has 4 nitrogen and oxygen atoms in total. The maximum Gasteiger partial charge on any atom is 0.306 e. The summed E-state index contributed by atoms with van der Waals surface area (Å²) in [6.45, 7) is 2.70. The molecule has 5 heteroatoms. The molecule has 1 aliphatic rings. The number of hydrogen-bond acceptors (Lipinski definition) is 2. The summed E-state index contributed by atoms with van der Waals surface area (Å²) in [4.78, 5) is 15.1. The molecule has 1 aromatic heterocycles. The molecule has 0 aliphatic carbocycles. The van der Waals surface area contributed by atoms with Crippen LogP contribution >= 0.6 is 15.9 Å². The van der Waals surface area contributed by atoms with Gasteiger partial charge in [-0.25, -0.2) is 4.98 Å². The van der Waals surface area contributed by atoms with Gasteiger partial charge in [-0.15, -0.1) is 0 Å². The summed E-state index contributed by atoms with van der Waals surface area (Å²) in [7, 11) is 0. The lowest BCUT2D eigenvalue weighted by atomic mass is 9.96. The molecular formula is C9H11BrN2O2. The predicted octanol–water partition coefficient (Wildman–Crippen LogP) is 1.60. The molecule has 1 atom stereocenters. The van der Waals surface area contributed by atoms with Gasteiger partial charge in [0.05, 0.1) is 11.6 Å². The van der Waals surface area contributed by atoms with Crippen LogP contribution in [0.25, 0.3) is 0 Å². The van der Waals surface area contributed by atoms with Crippen molar-refractivity contribution >= 4 is 21.9 Å². The lowest BCUT2D eigenvalue weighted by Crippen LogP contribution is -2.25. The fourth-order valence-electron chi connectivity index (χ4n) is 1.90. The quantitative estimate of drug-likeness (QED) is 0.833. The Balaban J connectivity index is 2.34. The van der Waals surface area contributed by atoms with E-state index < -0.39 is 5.97 Å². The number of hydrogen-bond donors (Lipinski definition) is 1. The van der Waals surface area contributed by atoms with E-state index in [1.54, 1.807) is 0 Å². The Morgan fingerprint density at radius 3 is 3.07 bits per heavy atom. The van der Waals surface area contributed by atoms with Gasteiger partial charge in [-0.1, -0.05) is 0 Å². The molecule has 0 fully saturated rings. The molecule has 2 heterocycles. The lowest BCUT2D eigenvalue weighted by molar-refractivity contribution is -0.142. The van der Waals surface area contributed by atoms with E-state index in [0.29, 0.717) is 12.8 Å². The van der Waals surface area contributed by atoms with Gasteiger partial charge in [0, 0.05) is 13.0 Å². The van der Waals surface area contributed by atoms with Gasteiger partial charge in [-0.3, -0.25) is 4.79 Å². The molecule has 0 saturated carbocycles. The Kier molecular flexibility index (Phi) is 2.34. The average Bonchev–Trinajstić information content (AvgIpc) is 2.42. The van der Waals surface area contributed by atoms with Crippen molar-refractivity contribution in [3.8, 4) is 0 Å². The molecular weight excluding hydrogens is 248 g/mol. The van der Waals surface area contributed by atoms with E-state index in [4.69, 9.17) is 5.11 Å². The van der Waals surface area contributed by atoms with E-state index in [1.165, 1.54) is 0 Å². The summed E-state index contributed by atoms with van der Waals surface area (Å²) in [6.07, 6.45) is 1.28.